The van der Waals surface area contributed by atoms with Crippen LogP contribution >= 0.6 is 0 Å². The largest absolute Gasteiger partial charge is 0.508 e. The van der Waals surface area contributed by atoms with E-state index in [1.807, 2.05) is 86.6 Å². The highest BCUT2D eigenvalue weighted by Crippen LogP contribution is 2.36. The number of aliphatic carboxylic acids is 1. The molecule has 1 aromatic heterocycles. The van der Waals surface area contributed by atoms with Crippen molar-refractivity contribution < 1.29 is 42.2 Å². The van der Waals surface area contributed by atoms with Gasteiger partial charge in [-0.2, -0.15) is 13.2 Å². The van der Waals surface area contributed by atoms with Crippen LogP contribution < -0.4 is 16.0 Å². The van der Waals surface area contributed by atoms with Gasteiger partial charge in [0.15, 0.2) is 0 Å². The molecule has 0 saturated heterocycles. The Bertz CT molecular complexity index is 1970. The third kappa shape index (κ3) is 8.32. The molecule has 1 aliphatic heterocycles. The third-order valence-corrected chi connectivity index (χ3v) is 8.52. The summed E-state index contributed by atoms with van der Waals surface area (Å²) in [5.74, 6) is -2.05. The van der Waals surface area contributed by atoms with Gasteiger partial charge in [-0.3, -0.25) is 9.59 Å². The number of nitrogens with two attached hydrogens (primary N) is 1. The molecule has 2 amide bonds. The average molecular weight is 688 g/mol. The van der Waals surface area contributed by atoms with E-state index in [1.54, 1.807) is 17.0 Å². The molecular formula is C38H36F3N3O6. The minimum Gasteiger partial charge on any atom is -0.508 e. The number of halogens is 3. The number of anilines is 1. The van der Waals surface area contributed by atoms with Crippen LogP contribution in [0.3, 0.4) is 0 Å². The number of hydrogen-bond acceptors (Lipinski definition) is 6. The molecule has 260 valence electrons. The number of phenolic OH excluding ortho intramolecular Hbond substituents is 1. The van der Waals surface area contributed by atoms with Crippen LogP contribution in [0, 0.1) is 13.8 Å². The lowest BCUT2D eigenvalue weighted by Crippen LogP contribution is -2.46. The number of phenols is 1. The van der Waals surface area contributed by atoms with Crippen molar-refractivity contribution in [2.75, 3.05) is 11.4 Å². The number of para-hydroxylation sites is 1. The predicted octanol–water partition coefficient (Wildman–Crippen LogP) is 6.76. The number of rotatable bonds is 7. The average Bonchev–Trinajstić information content (AvgIpc) is 3.48. The number of nitrogens with one attached hydrogen (secondary N) is 1. The molecule has 6 rings (SSSR count). The lowest BCUT2D eigenvalue weighted by Gasteiger charge is -2.35. The van der Waals surface area contributed by atoms with Crippen LogP contribution in [0.15, 0.2) is 95.4 Å². The topological polar surface area (TPSA) is 146 Å². The van der Waals surface area contributed by atoms with Gasteiger partial charge in [-0.1, -0.05) is 48.5 Å². The second-order valence-corrected chi connectivity index (χ2v) is 12.2. The van der Waals surface area contributed by atoms with E-state index < -0.39 is 18.2 Å². The van der Waals surface area contributed by atoms with Crippen LogP contribution in [0.1, 0.15) is 56.4 Å². The monoisotopic (exact) mass is 687 g/mol. The molecule has 2 heterocycles. The molecule has 0 bridgehead atoms. The first kappa shape index (κ1) is 35.7. The number of aromatic hydroxyl groups is 1. The standard InChI is InChI=1S/C36H35N3O4.C2HF3O2/c1-22-16-27(40)17-23(2)29(22)21-31(37)35(41)38-32-14-15-39(36(42)25-8-4-3-5-9-25)33-13-12-24(19-30(32)33)18-28-20-26-10-6-7-11-34(26)43-28;3-2(4,5)1(6)7/h3-13,16-17,19-20,31-32,40H,14-15,18,21,37H2,1-2H3,(H,38,41);(H,6,7)/t31-,32+;/m0./s1. The summed E-state index contributed by atoms with van der Waals surface area (Å²) < 4.78 is 37.8. The predicted molar refractivity (Wildman–Crippen MR) is 182 cm³/mol. The van der Waals surface area contributed by atoms with E-state index in [1.165, 1.54) is 0 Å². The molecule has 0 unspecified atom stereocenters. The van der Waals surface area contributed by atoms with Gasteiger partial charge in [-0.15, -0.1) is 0 Å². The number of alkyl halides is 3. The summed E-state index contributed by atoms with van der Waals surface area (Å²) in [5, 5.41) is 21.3. The Morgan fingerprint density at radius 2 is 1.60 bits per heavy atom. The maximum absolute atomic E-state index is 13.6. The van der Waals surface area contributed by atoms with E-state index in [2.05, 4.69) is 11.4 Å². The molecule has 1 aliphatic rings. The highest BCUT2D eigenvalue weighted by atomic mass is 19.4. The second kappa shape index (κ2) is 14.9. The van der Waals surface area contributed by atoms with Crippen molar-refractivity contribution in [2.24, 2.45) is 5.73 Å². The summed E-state index contributed by atoms with van der Waals surface area (Å²) in [4.78, 5) is 37.7. The molecule has 0 aliphatic carbocycles. The fraction of sp³-hybridized carbons (Fsp3) is 0.237. The van der Waals surface area contributed by atoms with Crippen molar-refractivity contribution in [1.29, 1.82) is 0 Å². The number of fused-ring (bicyclic) bond motifs is 2. The summed E-state index contributed by atoms with van der Waals surface area (Å²) in [5.41, 5.74) is 13.3. The zero-order chi connectivity index (χ0) is 36.2. The molecule has 5 aromatic rings. The minimum atomic E-state index is -5.08. The maximum Gasteiger partial charge on any atom is 0.490 e. The van der Waals surface area contributed by atoms with Gasteiger partial charge < -0.3 is 30.6 Å². The van der Waals surface area contributed by atoms with Gasteiger partial charge in [0.05, 0.1) is 12.1 Å². The van der Waals surface area contributed by atoms with Crippen LogP contribution in [-0.2, 0) is 22.4 Å². The minimum absolute atomic E-state index is 0.0772. The number of nitrogens with zero attached hydrogens (tertiary/aromatic N) is 1. The zero-order valence-electron chi connectivity index (χ0n) is 27.3. The molecule has 12 heteroatoms. The fourth-order valence-electron chi connectivity index (χ4n) is 6.08. The molecule has 4 aromatic carbocycles. The van der Waals surface area contributed by atoms with E-state index in [0.29, 0.717) is 31.4 Å². The smallest absolute Gasteiger partial charge is 0.490 e. The van der Waals surface area contributed by atoms with Crippen molar-refractivity contribution in [3.05, 3.63) is 130 Å². The van der Waals surface area contributed by atoms with Gasteiger partial charge in [0.2, 0.25) is 5.91 Å². The van der Waals surface area contributed by atoms with Gasteiger partial charge in [0, 0.05) is 29.6 Å². The van der Waals surface area contributed by atoms with Gasteiger partial charge in [0.1, 0.15) is 17.1 Å². The number of aryl methyl sites for hydroxylation is 2. The first-order chi connectivity index (χ1) is 23.7. The van der Waals surface area contributed by atoms with E-state index in [9.17, 15) is 27.9 Å². The summed E-state index contributed by atoms with van der Waals surface area (Å²) in [6.45, 7) is 4.28. The van der Waals surface area contributed by atoms with Crippen molar-refractivity contribution in [1.82, 2.24) is 5.32 Å². The van der Waals surface area contributed by atoms with Gasteiger partial charge in [-0.05, 0) is 97.0 Å². The molecule has 0 saturated carbocycles. The number of furan rings is 1. The number of benzene rings is 4. The van der Waals surface area contributed by atoms with Crippen molar-refractivity contribution in [3.63, 3.8) is 0 Å². The molecule has 0 fully saturated rings. The summed E-state index contributed by atoms with van der Waals surface area (Å²) in [6.07, 6.45) is -3.60. The zero-order valence-corrected chi connectivity index (χ0v) is 27.3. The molecule has 0 spiro atoms. The van der Waals surface area contributed by atoms with E-state index in [4.69, 9.17) is 20.1 Å². The first-order valence-electron chi connectivity index (χ1n) is 15.8. The molecule has 5 N–H and O–H groups in total. The molecule has 0 radical (unpaired) electrons. The third-order valence-electron chi connectivity index (χ3n) is 8.52. The molecule has 2 atom stereocenters. The summed E-state index contributed by atoms with van der Waals surface area (Å²) in [7, 11) is 0. The van der Waals surface area contributed by atoms with Crippen molar-refractivity contribution in [2.45, 2.75) is 51.4 Å². The molecule has 50 heavy (non-hydrogen) atoms. The van der Waals surface area contributed by atoms with Crippen LogP contribution in [0.4, 0.5) is 18.9 Å². The Balaban J connectivity index is 0.000000630. The quantitative estimate of drug-likeness (QED) is 0.148. The highest BCUT2D eigenvalue weighted by molar-refractivity contribution is 6.07. The normalized spacial score (nSPS) is 14.7. The summed E-state index contributed by atoms with van der Waals surface area (Å²) in [6, 6.07) is 27.5. The SMILES string of the molecule is Cc1cc(O)cc(C)c1C[C@H](N)C(=O)N[C@@H]1CCN(C(=O)c2ccccc2)c2ccc(Cc3cc4ccccc4o3)cc21.O=C(O)C(F)(F)F. The Morgan fingerprint density at radius 1 is 0.960 bits per heavy atom. The van der Waals surface area contributed by atoms with Gasteiger partial charge >= 0.3 is 12.1 Å². The Labute approximate surface area is 286 Å². The fourth-order valence-corrected chi connectivity index (χ4v) is 6.08. The molecule has 9 nitrogen and oxygen atoms in total. The Kier molecular flexibility index (Phi) is 10.6. The number of carboxylic acid groups (broad SMARTS) is 1. The Hall–Kier alpha value is -5.62. The number of hydrogen-bond donors (Lipinski definition) is 4. The maximum atomic E-state index is 13.6. The van der Waals surface area contributed by atoms with Crippen LogP contribution in [-0.4, -0.2) is 46.8 Å². The number of carbonyl (C=O) groups is 3. The van der Waals surface area contributed by atoms with Gasteiger partial charge in [-0.25, -0.2) is 4.79 Å². The molecular weight excluding hydrogens is 651 g/mol. The van der Waals surface area contributed by atoms with E-state index in [0.717, 1.165) is 50.2 Å². The number of carbonyl (C=O) groups excluding carboxylic acids is 2. The van der Waals surface area contributed by atoms with E-state index >= 15 is 0 Å². The van der Waals surface area contributed by atoms with Crippen molar-refractivity contribution >= 4 is 34.4 Å². The lowest BCUT2D eigenvalue weighted by atomic mass is 9.92. The number of carboxylic acids is 1. The van der Waals surface area contributed by atoms with Crippen LogP contribution in [0.25, 0.3) is 11.0 Å². The van der Waals surface area contributed by atoms with Crippen LogP contribution in [0.5, 0.6) is 5.75 Å². The first-order valence-corrected chi connectivity index (χ1v) is 15.8. The van der Waals surface area contributed by atoms with E-state index in [-0.39, 0.29) is 23.6 Å². The van der Waals surface area contributed by atoms with Crippen molar-refractivity contribution in [3.8, 4) is 5.75 Å². The second-order valence-electron chi connectivity index (χ2n) is 12.2. The Morgan fingerprint density at radius 3 is 2.24 bits per heavy atom. The highest BCUT2D eigenvalue weighted by Gasteiger charge is 2.38. The lowest BCUT2D eigenvalue weighted by molar-refractivity contribution is -0.192. The van der Waals surface area contributed by atoms with Gasteiger partial charge in [0.25, 0.3) is 5.91 Å². The summed E-state index contributed by atoms with van der Waals surface area (Å²) >= 11 is 0. The number of amides is 2. The van der Waals surface area contributed by atoms with Crippen LogP contribution in [0.2, 0.25) is 0 Å².